The van der Waals surface area contributed by atoms with Crippen molar-refractivity contribution >= 4 is 29.9 Å². The Morgan fingerprint density at radius 2 is 1.82 bits per heavy atom. The first-order chi connectivity index (χ1) is 13.2. The van der Waals surface area contributed by atoms with E-state index in [-0.39, 0.29) is 24.0 Å². The molecule has 1 aromatic carbocycles. The number of hydrogen-bond donors (Lipinski definition) is 2. The number of unbranched alkanes of at least 4 members (excludes halogenated alkanes) is 1. The zero-order valence-corrected chi connectivity index (χ0v) is 20.1. The fourth-order valence-electron chi connectivity index (χ4n) is 3.28. The quantitative estimate of drug-likeness (QED) is 0.223. The van der Waals surface area contributed by atoms with Gasteiger partial charge in [-0.25, -0.2) is 4.99 Å². The first-order valence-electron chi connectivity index (χ1n) is 10.3. The van der Waals surface area contributed by atoms with Crippen molar-refractivity contribution < 1.29 is 4.74 Å². The number of likely N-dealkylation sites (N-methyl/N-ethyl adjacent to an activating group) is 1. The van der Waals surface area contributed by atoms with Crippen LogP contribution in [0.5, 0.6) is 5.75 Å². The second kappa shape index (κ2) is 14.9. The Labute approximate surface area is 188 Å². The van der Waals surface area contributed by atoms with Crippen molar-refractivity contribution in [2.45, 2.75) is 33.2 Å². The van der Waals surface area contributed by atoms with Crippen LogP contribution in [0.1, 0.15) is 32.3 Å². The van der Waals surface area contributed by atoms with Gasteiger partial charge in [0.25, 0.3) is 0 Å². The van der Waals surface area contributed by atoms with Gasteiger partial charge < -0.3 is 25.2 Å². The summed E-state index contributed by atoms with van der Waals surface area (Å²) in [6.07, 6.45) is 2.39. The van der Waals surface area contributed by atoms with Gasteiger partial charge in [-0.05, 0) is 50.6 Å². The normalized spacial score (nSPS) is 15.8. The highest BCUT2D eigenvalue weighted by molar-refractivity contribution is 14.0. The molecule has 1 heterocycles. The van der Waals surface area contributed by atoms with Gasteiger partial charge in [0.05, 0.1) is 13.7 Å². The number of nitrogens with zero attached hydrogens (tertiary/aromatic N) is 3. The van der Waals surface area contributed by atoms with E-state index in [0.29, 0.717) is 6.54 Å². The molecule has 2 rings (SSSR count). The molecule has 160 valence electrons. The van der Waals surface area contributed by atoms with Crippen molar-refractivity contribution in [2.75, 3.05) is 59.5 Å². The van der Waals surface area contributed by atoms with Crippen LogP contribution in [0.2, 0.25) is 0 Å². The summed E-state index contributed by atoms with van der Waals surface area (Å²) in [5, 5.41) is 6.78. The number of rotatable bonds is 10. The van der Waals surface area contributed by atoms with E-state index in [4.69, 9.17) is 4.74 Å². The van der Waals surface area contributed by atoms with E-state index in [1.165, 1.54) is 45.7 Å². The number of hydrogen-bond acceptors (Lipinski definition) is 4. The summed E-state index contributed by atoms with van der Waals surface area (Å²) in [6, 6.07) is 8.07. The van der Waals surface area contributed by atoms with Crippen LogP contribution in [0.25, 0.3) is 0 Å². The van der Waals surface area contributed by atoms with Gasteiger partial charge in [-0.2, -0.15) is 0 Å². The van der Waals surface area contributed by atoms with Gasteiger partial charge in [0, 0.05) is 39.3 Å². The Morgan fingerprint density at radius 1 is 1.07 bits per heavy atom. The number of aliphatic imine (C=N–C) groups is 1. The molecule has 0 spiro atoms. The highest BCUT2D eigenvalue weighted by atomic mass is 127. The summed E-state index contributed by atoms with van der Waals surface area (Å²) in [5.74, 6) is 1.76. The molecule has 1 saturated heterocycles. The fourth-order valence-corrected chi connectivity index (χ4v) is 3.28. The molecule has 1 fully saturated rings. The SMILES string of the molecule is CCNC(=NCc1cccc(OC)c1)NCCCCN1CCN(CC)CC1.I. The Hall–Kier alpha value is -1.06. The van der Waals surface area contributed by atoms with Crippen LogP contribution in [0.3, 0.4) is 0 Å². The van der Waals surface area contributed by atoms with E-state index in [1.54, 1.807) is 7.11 Å². The first kappa shape index (κ1) is 25.0. The molecule has 0 unspecified atom stereocenters. The average Bonchev–Trinajstić information content (AvgIpc) is 2.72. The minimum Gasteiger partial charge on any atom is -0.497 e. The van der Waals surface area contributed by atoms with Crippen molar-refractivity contribution in [3.05, 3.63) is 29.8 Å². The molecule has 0 atom stereocenters. The Kier molecular flexibility index (Phi) is 13.3. The molecule has 0 amide bonds. The van der Waals surface area contributed by atoms with Crippen LogP contribution < -0.4 is 15.4 Å². The lowest BCUT2D eigenvalue weighted by molar-refractivity contribution is 0.136. The molecule has 7 heteroatoms. The predicted octanol–water partition coefficient (Wildman–Crippen LogP) is 2.79. The standard InChI is InChI=1S/C21H37N5O.HI/c1-4-22-21(24-18-19-9-8-10-20(17-19)27-3)23-11-6-7-12-26-15-13-25(5-2)14-16-26;/h8-10,17H,4-7,11-16,18H2,1-3H3,(H2,22,23,24);1H. The molecular formula is C21H38IN5O. The molecule has 0 aromatic heterocycles. The van der Waals surface area contributed by atoms with Crippen LogP contribution in [-0.2, 0) is 6.54 Å². The van der Waals surface area contributed by atoms with E-state index < -0.39 is 0 Å². The Morgan fingerprint density at radius 3 is 2.50 bits per heavy atom. The van der Waals surface area contributed by atoms with Gasteiger partial charge in [0.2, 0.25) is 0 Å². The molecule has 28 heavy (non-hydrogen) atoms. The van der Waals surface area contributed by atoms with E-state index in [2.05, 4.69) is 45.3 Å². The minimum atomic E-state index is 0. The summed E-state index contributed by atoms with van der Waals surface area (Å²) in [4.78, 5) is 9.81. The molecule has 1 aliphatic rings. The van der Waals surface area contributed by atoms with Crippen molar-refractivity contribution in [1.29, 1.82) is 0 Å². The maximum atomic E-state index is 5.28. The second-order valence-electron chi connectivity index (χ2n) is 6.96. The van der Waals surface area contributed by atoms with Gasteiger partial charge in [-0.3, -0.25) is 0 Å². The zero-order valence-electron chi connectivity index (χ0n) is 17.7. The van der Waals surface area contributed by atoms with Gasteiger partial charge in [-0.15, -0.1) is 24.0 Å². The first-order valence-corrected chi connectivity index (χ1v) is 10.3. The van der Waals surface area contributed by atoms with E-state index in [9.17, 15) is 0 Å². The molecule has 6 nitrogen and oxygen atoms in total. The van der Waals surface area contributed by atoms with Crippen molar-refractivity contribution in [1.82, 2.24) is 20.4 Å². The Bertz CT molecular complexity index is 561. The third-order valence-electron chi connectivity index (χ3n) is 5.00. The monoisotopic (exact) mass is 503 g/mol. The molecule has 0 aliphatic carbocycles. The van der Waals surface area contributed by atoms with Crippen molar-refractivity contribution in [2.24, 2.45) is 4.99 Å². The van der Waals surface area contributed by atoms with Crippen LogP contribution in [0.15, 0.2) is 29.3 Å². The predicted molar refractivity (Wildman–Crippen MR) is 129 cm³/mol. The van der Waals surface area contributed by atoms with Crippen LogP contribution >= 0.6 is 24.0 Å². The third kappa shape index (κ3) is 9.43. The molecule has 2 N–H and O–H groups in total. The summed E-state index contributed by atoms with van der Waals surface area (Å²) in [5.41, 5.74) is 1.15. The van der Waals surface area contributed by atoms with Crippen molar-refractivity contribution in [3.8, 4) is 5.75 Å². The number of ether oxygens (including phenoxy) is 1. The van der Waals surface area contributed by atoms with Gasteiger partial charge in [0.1, 0.15) is 5.75 Å². The molecular weight excluding hydrogens is 465 g/mol. The highest BCUT2D eigenvalue weighted by Gasteiger charge is 2.14. The topological polar surface area (TPSA) is 52.1 Å². The average molecular weight is 503 g/mol. The van der Waals surface area contributed by atoms with E-state index >= 15 is 0 Å². The van der Waals surface area contributed by atoms with Crippen LogP contribution in [-0.4, -0.2) is 75.2 Å². The Balaban J connectivity index is 0.00000392. The van der Waals surface area contributed by atoms with E-state index in [1.807, 2.05) is 18.2 Å². The molecule has 0 radical (unpaired) electrons. The molecule has 1 aliphatic heterocycles. The number of piperazine rings is 1. The molecule has 0 saturated carbocycles. The largest absolute Gasteiger partial charge is 0.497 e. The smallest absolute Gasteiger partial charge is 0.191 e. The highest BCUT2D eigenvalue weighted by Crippen LogP contribution is 2.13. The van der Waals surface area contributed by atoms with Crippen LogP contribution in [0, 0.1) is 0 Å². The van der Waals surface area contributed by atoms with Gasteiger partial charge >= 0.3 is 0 Å². The number of halogens is 1. The summed E-state index contributed by atoms with van der Waals surface area (Å²) >= 11 is 0. The minimum absolute atomic E-state index is 0. The lowest BCUT2D eigenvalue weighted by atomic mass is 10.2. The third-order valence-corrected chi connectivity index (χ3v) is 5.00. The van der Waals surface area contributed by atoms with Crippen molar-refractivity contribution in [3.63, 3.8) is 0 Å². The number of methoxy groups -OCH3 is 1. The van der Waals surface area contributed by atoms with Crippen LogP contribution in [0.4, 0.5) is 0 Å². The van der Waals surface area contributed by atoms with Gasteiger partial charge in [0.15, 0.2) is 5.96 Å². The fraction of sp³-hybridized carbons (Fsp3) is 0.667. The maximum absolute atomic E-state index is 5.28. The number of nitrogens with one attached hydrogen (secondary N) is 2. The summed E-state index contributed by atoms with van der Waals surface area (Å²) in [7, 11) is 1.69. The summed E-state index contributed by atoms with van der Waals surface area (Å²) in [6.45, 7) is 14.1. The molecule has 1 aromatic rings. The lowest BCUT2D eigenvalue weighted by Gasteiger charge is -2.34. The maximum Gasteiger partial charge on any atom is 0.191 e. The van der Waals surface area contributed by atoms with Gasteiger partial charge in [-0.1, -0.05) is 19.1 Å². The molecule has 0 bridgehead atoms. The second-order valence-corrected chi connectivity index (χ2v) is 6.96. The van der Waals surface area contributed by atoms with E-state index in [0.717, 1.165) is 36.8 Å². The lowest BCUT2D eigenvalue weighted by Crippen LogP contribution is -2.46. The summed E-state index contributed by atoms with van der Waals surface area (Å²) < 4.78 is 5.28. The number of benzene rings is 1. The number of guanidine groups is 1. The zero-order chi connectivity index (χ0) is 19.3.